The van der Waals surface area contributed by atoms with Crippen molar-refractivity contribution in [2.24, 2.45) is 5.73 Å². The van der Waals surface area contributed by atoms with Crippen molar-refractivity contribution >= 4 is 11.8 Å². The Hall–Kier alpha value is -0.940. The minimum atomic E-state index is -0.625. The van der Waals surface area contributed by atoms with Gasteiger partial charge in [0.05, 0.1) is 5.60 Å². The average molecular weight is 484 g/mol. The number of carbonyl (C=O) groups excluding carboxylic acids is 2. The Morgan fingerprint density at radius 2 is 1.32 bits per heavy atom. The molecule has 5 heteroatoms. The van der Waals surface area contributed by atoms with Gasteiger partial charge in [-0.15, -0.1) is 0 Å². The van der Waals surface area contributed by atoms with Crippen molar-refractivity contribution in [1.82, 2.24) is 0 Å². The quantitative estimate of drug-likeness (QED) is 0.139. The third-order valence-corrected chi connectivity index (χ3v) is 7.75. The van der Waals surface area contributed by atoms with Crippen molar-refractivity contribution < 1.29 is 19.4 Å². The first-order chi connectivity index (χ1) is 16.3. The highest BCUT2D eigenvalue weighted by atomic mass is 16.6. The number of rotatable bonds is 20. The van der Waals surface area contributed by atoms with E-state index in [1.54, 1.807) is 0 Å². The number of aliphatic hydroxyl groups is 1. The molecule has 0 radical (unpaired) electrons. The number of hydrogen-bond acceptors (Lipinski definition) is 5. The van der Waals surface area contributed by atoms with Gasteiger partial charge in [0.15, 0.2) is 0 Å². The summed E-state index contributed by atoms with van der Waals surface area (Å²) in [6, 6.07) is 0. The monoisotopic (exact) mass is 483 g/mol. The molecule has 202 valence electrons. The number of cyclic esters (lactones) is 1. The summed E-state index contributed by atoms with van der Waals surface area (Å²) in [5, 5.41) is 10.2. The molecule has 0 bridgehead atoms. The lowest BCUT2D eigenvalue weighted by atomic mass is 9.90. The third-order valence-electron chi connectivity index (χ3n) is 7.75. The molecule has 1 fully saturated rings. The fraction of sp³-hybridized carbons (Fsp3) is 0.931. The van der Waals surface area contributed by atoms with Gasteiger partial charge in [-0.2, -0.15) is 0 Å². The van der Waals surface area contributed by atoms with Gasteiger partial charge in [0.2, 0.25) is 0 Å². The highest BCUT2D eigenvalue weighted by Gasteiger charge is 2.36. The summed E-state index contributed by atoms with van der Waals surface area (Å²) in [6.45, 7) is 8.97. The molecule has 1 saturated heterocycles. The maximum atomic E-state index is 11.9. The Bertz CT molecular complexity index is 512. The van der Waals surface area contributed by atoms with E-state index in [4.69, 9.17) is 10.5 Å². The largest absolute Gasteiger partial charge is 0.459 e. The van der Waals surface area contributed by atoms with Crippen molar-refractivity contribution in [3.8, 4) is 0 Å². The fourth-order valence-corrected chi connectivity index (χ4v) is 4.58. The molecule has 0 aromatic rings. The fourth-order valence-electron chi connectivity index (χ4n) is 4.58. The average Bonchev–Trinajstić information content (AvgIpc) is 3.25. The first-order valence-electron chi connectivity index (χ1n) is 14.5. The number of Topliss-reactive ketones (excluding diaryl/α,β-unsaturated/α-hetero) is 1. The molecule has 0 aliphatic carbocycles. The zero-order valence-corrected chi connectivity index (χ0v) is 23.1. The maximum absolute atomic E-state index is 11.9. The van der Waals surface area contributed by atoms with Gasteiger partial charge in [0.1, 0.15) is 11.4 Å². The summed E-state index contributed by atoms with van der Waals surface area (Å²) < 4.78 is 5.21. The molecule has 0 saturated carbocycles. The SMILES string of the molecule is CCC(O)(CC)CCC(=O)CCCCCCCCCCCCCN.CCC1(CC)CCC(=O)O1. The topological polar surface area (TPSA) is 89.6 Å². The van der Waals surface area contributed by atoms with E-state index in [9.17, 15) is 14.7 Å². The molecule has 1 rings (SSSR count). The van der Waals surface area contributed by atoms with Gasteiger partial charge < -0.3 is 15.6 Å². The van der Waals surface area contributed by atoms with Gasteiger partial charge in [-0.1, -0.05) is 85.5 Å². The lowest BCUT2D eigenvalue weighted by Crippen LogP contribution is -2.27. The van der Waals surface area contributed by atoms with E-state index in [0.29, 0.717) is 31.5 Å². The molecule has 0 atom stereocenters. The first kappa shape index (κ1) is 33.1. The molecule has 0 aromatic carbocycles. The molecule has 5 nitrogen and oxygen atoms in total. The number of hydrogen-bond donors (Lipinski definition) is 2. The molecule has 1 aliphatic heterocycles. The van der Waals surface area contributed by atoms with Gasteiger partial charge in [-0.05, 0) is 57.9 Å². The van der Waals surface area contributed by atoms with Crippen LogP contribution in [-0.2, 0) is 14.3 Å². The van der Waals surface area contributed by atoms with Crippen molar-refractivity contribution in [3.63, 3.8) is 0 Å². The molecule has 0 unspecified atom stereocenters. The molecule has 3 N–H and O–H groups in total. The zero-order valence-electron chi connectivity index (χ0n) is 23.1. The molecule has 0 aromatic heterocycles. The number of carbonyl (C=O) groups is 2. The molecular formula is C29H57NO4. The van der Waals surface area contributed by atoms with Gasteiger partial charge in [-0.25, -0.2) is 0 Å². The standard InChI is InChI=1S/C21H43NO2.C8H14O2/c1-3-21(24,4-2)18-17-20(23)16-14-12-10-8-6-5-7-9-11-13-15-19-22;1-3-8(4-2)6-5-7(9)10-8/h24H,3-19,22H2,1-2H3;3-6H2,1-2H3. The molecule has 34 heavy (non-hydrogen) atoms. The van der Waals surface area contributed by atoms with E-state index in [1.807, 2.05) is 13.8 Å². The molecule has 0 amide bonds. The van der Waals surface area contributed by atoms with Crippen molar-refractivity contribution in [1.29, 1.82) is 0 Å². The van der Waals surface area contributed by atoms with E-state index >= 15 is 0 Å². The summed E-state index contributed by atoms with van der Waals surface area (Å²) in [4.78, 5) is 22.6. The summed E-state index contributed by atoms with van der Waals surface area (Å²) in [5.41, 5.74) is 4.76. The Morgan fingerprint density at radius 3 is 1.68 bits per heavy atom. The second kappa shape index (κ2) is 20.3. The Kier molecular flexibility index (Phi) is 19.7. The molecule has 1 aliphatic rings. The van der Waals surface area contributed by atoms with Crippen LogP contribution in [0.25, 0.3) is 0 Å². The lowest BCUT2D eigenvalue weighted by Gasteiger charge is -2.24. The highest BCUT2D eigenvalue weighted by molar-refractivity contribution is 5.78. The number of unbranched alkanes of at least 4 members (excludes halogenated alkanes) is 10. The van der Waals surface area contributed by atoms with Gasteiger partial charge in [0, 0.05) is 19.3 Å². The van der Waals surface area contributed by atoms with Crippen LogP contribution in [0.15, 0.2) is 0 Å². The summed E-state index contributed by atoms with van der Waals surface area (Å²) in [6.07, 6.45) is 20.8. The lowest BCUT2D eigenvalue weighted by molar-refractivity contribution is -0.148. The smallest absolute Gasteiger partial charge is 0.306 e. The number of ketones is 1. The van der Waals surface area contributed by atoms with Crippen LogP contribution in [0.4, 0.5) is 0 Å². The van der Waals surface area contributed by atoms with Crippen LogP contribution >= 0.6 is 0 Å². The maximum Gasteiger partial charge on any atom is 0.306 e. The third kappa shape index (κ3) is 15.9. The minimum Gasteiger partial charge on any atom is -0.459 e. The summed E-state index contributed by atoms with van der Waals surface area (Å²) in [5.74, 6) is 0.302. The van der Waals surface area contributed by atoms with E-state index < -0.39 is 5.60 Å². The number of ether oxygens (including phenoxy) is 1. The van der Waals surface area contributed by atoms with Crippen LogP contribution in [-0.4, -0.2) is 34.6 Å². The van der Waals surface area contributed by atoms with Crippen LogP contribution < -0.4 is 5.73 Å². The zero-order chi connectivity index (χ0) is 25.7. The summed E-state index contributed by atoms with van der Waals surface area (Å²) in [7, 11) is 0. The van der Waals surface area contributed by atoms with E-state index in [1.165, 1.54) is 64.2 Å². The van der Waals surface area contributed by atoms with Crippen LogP contribution in [0.3, 0.4) is 0 Å². The molecule has 1 heterocycles. The molecular weight excluding hydrogens is 426 g/mol. The van der Waals surface area contributed by atoms with Crippen molar-refractivity contribution in [3.05, 3.63) is 0 Å². The second-order valence-electron chi connectivity index (χ2n) is 10.3. The number of nitrogens with two attached hydrogens (primary N) is 1. The highest BCUT2D eigenvalue weighted by Crippen LogP contribution is 2.32. The summed E-state index contributed by atoms with van der Waals surface area (Å²) >= 11 is 0. The van der Waals surface area contributed by atoms with Gasteiger partial charge in [-0.3, -0.25) is 9.59 Å². The van der Waals surface area contributed by atoms with E-state index in [0.717, 1.165) is 45.1 Å². The van der Waals surface area contributed by atoms with E-state index in [-0.39, 0.29) is 11.6 Å². The van der Waals surface area contributed by atoms with Gasteiger partial charge >= 0.3 is 5.97 Å². The van der Waals surface area contributed by atoms with Crippen LogP contribution in [0, 0.1) is 0 Å². The van der Waals surface area contributed by atoms with Crippen LogP contribution in [0.2, 0.25) is 0 Å². The second-order valence-corrected chi connectivity index (χ2v) is 10.3. The van der Waals surface area contributed by atoms with Crippen LogP contribution in [0.5, 0.6) is 0 Å². The first-order valence-corrected chi connectivity index (χ1v) is 14.5. The van der Waals surface area contributed by atoms with Gasteiger partial charge in [0.25, 0.3) is 0 Å². The minimum absolute atomic E-state index is 0.0244. The van der Waals surface area contributed by atoms with Crippen LogP contribution in [0.1, 0.15) is 156 Å². The normalized spacial score (nSPS) is 15.1. The Morgan fingerprint density at radius 1 is 0.853 bits per heavy atom. The van der Waals surface area contributed by atoms with Crippen molar-refractivity contribution in [2.75, 3.05) is 6.54 Å². The van der Waals surface area contributed by atoms with E-state index in [2.05, 4.69) is 13.8 Å². The van der Waals surface area contributed by atoms with Crippen molar-refractivity contribution in [2.45, 2.75) is 167 Å². The Balaban J connectivity index is 0.000000896. The predicted molar refractivity (Wildman–Crippen MR) is 143 cm³/mol. The number of esters is 1. The molecule has 0 spiro atoms. The Labute approximate surface area is 211 Å². The predicted octanol–water partition coefficient (Wildman–Crippen LogP) is 7.41.